The number of fused-ring (bicyclic) bond motifs is 2. The second-order valence-corrected chi connectivity index (χ2v) is 8.45. The standard InChI is InChI=1S/C25H28N6O3/c1-16(2)34-12-6-11-30-21(26)19(24(32)28-15-18-8-4-9-27-14-18)13-20-23(30)29-22-17(3)7-5-10-31(22)25(20)33/h4-5,7-10,13-14,16,26H,6,11-12,15H2,1-3H3,(H,28,32)/p+1. The minimum Gasteiger partial charge on any atom is -0.379 e. The molecule has 9 nitrogen and oxygen atoms in total. The maximum atomic E-state index is 13.4. The van der Waals surface area contributed by atoms with Crippen molar-refractivity contribution in [2.24, 2.45) is 0 Å². The first kappa shape index (κ1) is 23.3. The molecule has 0 saturated carbocycles. The van der Waals surface area contributed by atoms with E-state index in [2.05, 4.69) is 10.3 Å². The molecule has 34 heavy (non-hydrogen) atoms. The second-order valence-electron chi connectivity index (χ2n) is 8.45. The molecule has 0 aliphatic heterocycles. The Morgan fingerprint density at radius 3 is 2.85 bits per heavy atom. The fourth-order valence-corrected chi connectivity index (χ4v) is 3.84. The van der Waals surface area contributed by atoms with Gasteiger partial charge < -0.3 is 15.8 Å². The van der Waals surface area contributed by atoms with Gasteiger partial charge in [-0.15, -0.1) is 0 Å². The van der Waals surface area contributed by atoms with Crippen molar-refractivity contribution in [1.82, 2.24) is 19.7 Å². The van der Waals surface area contributed by atoms with E-state index >= 15 is 0 Å². The molecule has 0 fully saturated rings. The molecule has 3 N–H and O–H groups in total. The van der Waals surface area contributed by atoms with E-state index < -0.39 is 0 Å². The third-order valence-corrected chi connectivity index (χ3v) is 5.57. The Labute approximate surface area is 197 Å². The van der Waals surface area contributed by atoms with Gasteiger partial charge in [-0.2, -0.15) is 0 Å². The van der Waals surface area contributed by atoms with Gasteiger partial charge in [-0.25, -0.2) is 4.57 Å². The number of anilines is 1. The van der Waals surface area contributed by atoms with Crippen LogP contribution in [0.3, 0.4) is 0 Å². The number of pyridine rings is 3. The van der Waals surface area contributed by atoms with E-state index in [4.69, 9.17) is 15.5 Å². The first-order chi connectivity index (χ1) is 16.4. The predicted molar refractivity (Wildman–Crippen MR) is 129 cm³/mol. The number of hydrogen-bond donors (Lipinski definition) is 2. The van der Waals surface area contributed by atoms with Gasteiger partial charge in [0.25, 0.3) is 17.1 Å². The van der Waals surface area contributed by atoms with Crippen molar-refractivity contribution in [3.05, 3.63) is 76.0 Å². The number of nitrogens with two attached hydrogens (primary N) is 1. The van der Waals surface area contributed by atoms with Crippen LogP contribution in [0.2, 0.25) is 0 Å². The van der Waals surface area contributed by atoms with E-state index in [1.165, 1.54) is 10.5 Å². The van der Waals surface area contributed by atoms with Gasteiger partial charge >= 0.3 is 0 Å². The molecular formula is C25H29N6O3+. The topological polar surface area (TPSA) is 115 Å². The van der Waals surface area contributed by atoms with Crippen molar-refractivity contribution in [3.63, 3.8) is 0 Å². The lowest BCUT2D eigenvalue weighted by molar-refractivity contribution is -0.659. The maximum Gasteiger partial charge on any atom is 0.278 e. The van der Waals surface area contributed by atoms with Crippen molar-refractivity contribution >= 4 is 28.4 Å². The van der Waals surface area contributed by atoms with Crippen LogP contribution in [0.5, 0.6) is 0 Å². The molecule has 176 valence electrons. The van der Waals surface area contributed by atoms with Gasteiger partial charge in [-0.3, -0.25) is 19.0 Å². The zero-order valence-electron chi connectivity index (χ0n) is 19.6. The molecule has 0 aliphatic carbocycles. The summed E-state index contributed by atoms with van der Waals surface area (Å²) in [5.41, 5.74) is 9.20. The van der Waals surface area contributed by atoms with Gasteiger partial charge in [0, 0.05) is 43.7 Å². The van der Waals surface area contributed by atoms with Gasteiger partial charge in [0.1, 0.15) is 10.9 Å². The van der Waals surface area contributed by atoms with Gasteiger partial charge in [-0.05, 0) is 44.5 Å². The summed E-state index contributed by atoms with van der Waals surface area (Å²) < 4.78 is 8.91. The fourth-order valence-electron chi connectivity index (χ4n) is 3.84. The van der Waals surface area contributed by atoms with Crippen molar-refractivity contribution in [1.29, 1.82) is 0 Å². The molecule has 9 heteroatoms. The number of nitrogen functional groups attached to an aromatic ring is 1. The average Bonchev–Trinajstić information content (AvgIpc) is 2.82. The number of aromatic nitrogens is 4. The Hall–Kier alpha value is -3.85. The molecular weight excluding hydrogens is 432 g/mol. The minimum atomic E-state index is -0.371. The lowest BCUT2D eigenvalue weighted by Gasteiger charge is -2.13. The maximum absolute atomic E-state index is 13.4. The number of amides is 1. The number of aryl methyl sites for hydroxylation is 2. The molecule has 0 radical (unpaired) electrons. The Kier molecular flexibility index (Phi) is 6.83. The lowest BCUT2D eigenvalue weighted by Crippen LogP contribution is -2.43. The number of nitrogens with one attached hydrogen (secondary N) is 1. The Morgan fingerprint density at radius 1 is 1.29 bits per heavy atom. The molecule has 0 atom stereocenters. The number of nitrogens with zero attached hydrogens (tertiary/aromatic N) is 4. The van der Waals surface area contributed by atoms with Crippen molar-refractivity contribution in [3.8, 4) is 0 Å². The second kappa shape index (κ2) is 9.96. The van der Waals surface area contributed by atoms with E-state index in [1.807, 2.05) is 32.9 Å². The first-order valence-corrected chi connectivity index (χ1v) is 11.3. The van der Waals surface area contributed by atoms with Crippen molar-refractivity contribution in [2.75, 3.05) is 12.3 Å². The van der Waals surface area contributed by atoms with Gasteiger partial charge in [0.2, 0.25) is 11.5 Å². The van der Waals surface area contributed by atoms with E-state index in [0.717, 1.165) is 11.1 Å². The molecule has 4 rings (SSSR count). The third kappa shape index (κ3) is 4.74. The van der Waals surface area contributed by atoms with E-state index in [1.54, 1.807) is 35.3 Å². The highest BCUT2D eigenvalue weighted by molar-refractivity contribution is 6.00. The molecule has 4 aromatic rings. The average molecular weight is 462 g/mol. The Balaban J connectivity index is 1.80. The van der Waals surface area contributed by atoms with Crippen LogP contribution in [0.15, 0.2) is 53.7 Å². The van der Waals surface area contributed by atoms with Gasteiger partial charge in [-0.1, -0.05) is 17.1 Å². The molecule has 0 aliphatic rings. The third-order valence-electron chi connectivity index (χ3n) is 5.57. The molecule has 1 amide bonds. The molecule has 0 spiro atoms. The highest BCUT2D eigenvalue weighted by Crippen LogP contribution is 2.16. The summed E-state index contributed by atoms with van der Waals surface area (Å²) in [6, 6.07) is 8.91. The fraction of sp³-hybridized carbons (Fsp3) is 0.320. The van der Waals surface area contributed by atoms with Crippen LogP contribution >= 0.6 is 0 Å². The smallest absolute Gasteiger partial charge is 0.278 e. The number of carbonyl (C=O) groups is 1. The lowest BCUT2D eigenvalue weighted by atomic mass is 10.1. The minimum absolute atomic E-state index is 0.109. The van der Waals surface area contributed by atoms with Crippen LogP contribution in [0.25, 0.3) is 16.7 Å². The van der Waals surface area contributed by atoms with Crippen LogP contribution < -0.4 is 21.2 Å². The van der Waals surface area contributed by atoms with Gasteiger partial charge in [0.15, 0.2) is 0 Å². The highest BCUT2D eigenvalue weighted by Gasteiger charge is 2.24. The van der Waals surface area contributed by atoms with Gasteiger partial charge in [0.05, 0.1) is 12.6 Å². The van der Waals surface area contributed by atoms with Crippen LogP contribution in [0.4, 0.5) is 5.82 Å². The number of carbonyl (C=O) groups excluding carboxylic acids is 1. The van der Waals surface area contributed by atoms with Crippen LogP contribution in [0, 0.1) is 6.92 Å². The predicted octanol–water partition coefficient (Wildman–Crippen LogP) is 2.17. The van der Waals surface area contributed by atoms with Crippen molar-refractivity contribution in [2.45, 2.75) is 46.4 Å². The zero-order chi connectivity index (χ0) is 24.2. The van der Waals surface area contributed by atoms with Crippen LogP contribution in [-0.4, -0.2) is 33.0 Å². The van der Waals surface area contributed by atoms with E-state index in [-0.39, 0.29) is 29.0 Å². The largest absolute Gasteiger partial charge is 0.379 e. The van der Waals surface area contributed by atoms with Crippen LogP contribution in [-0.2, 0) is 17.8 Å². The molecule has 0 unspecified atom stereocenters. The summed E-state index contributed by atoms with van der Waals surface area (Å²) >= 11 is 0. The Bertz CT molecular complexity index is 1400. The molecule has 4 heterocycles. The quantitative estimate of drug-likeness (QED) is 0.236. The number of hydrogen-bond acceptors (Lipinski definition) is 6. The molecule has 0 saturated heterocycles. The summed E-state index contributed by atoms with van der Waals surface area (Å²) in [5, 5.41) is 3.20. The molecule has 0 aromatic carbocycles. The summed E-state index contributed by atoms with van der Waals surface area (Å²) in [5.74, 6) is -0.116. The monoisotopic (exact) mass is 461 g/mol. The number of ether oxygens (including phenoxy) is 1. The summed E-state index contributed by atoms with van der Waals surface area (Å²) in [7, 11) is 0. The number of rotatable bonds is 8. The summed E-state index contributed by atoms with van der Waals surface area (Å²) in [6.45, 7) is 7.11. The first-order valence-electron chi connectivity index (χ1n) is 11.3. The van der Waals surface area contributed by atoms with E-state index in [9.17, 15) is 9.59 Å². The normalized spacial score (nSPS) is 11.4. The molecule has 0 bridgehead atoms. The van der Waals surface area contributed by atoms with Crippen molar-refractivity contribution < 1.29 is 14.1 Å². The zero-order valence-corrected chi connectivity index (χ0v) is 19.6. The summed E-state index contributed by atoms with van der Waals surface area (Å²) in [6.07, 6.45) is 5.79. The SMILES string of the molecule is Cc1cccn2c(=O)c3cc(C(=O)NCc4cccnc4)c(N)[n+](CCCOC(C)C)c3nc12. The Morgan fingerprint density at radius 2 is 2.12 bits per heavy atom. The van der Waals surface area contributed by atoms with Crippen LogP contribution in [0.1, 0.15) is 41.8 Å². The molecule has 4 aromatic heterocycles. The summed E-state index contributed by atoms with van der Waals surface area (Å²) in [4.78, 5) is 35.3. The van der Waals surface area contributed by atoms with E-state index in [0.29, 0.717) is 42.8 Å². The highest BCUT2D eigenvalue weighted by atomic mass is 16.5.